The van der Waals surface area contributed by atoms with Crippen molar-refractivity contribution in [1.29, 1.82) is 0 Å². The third kappa shape index (κ3) is 2.05. The highest BCUT2D eigenvalue weighted by Gasteiger charge is 2.23. The molecule has 3 heteroatoms. The molecule has 1 aromatic heterocycles. The van der Waals surface area contributed by atoms with Crippen LogP contribution in [0, 0.1) is 12.3 Å². The van der Waals surface area contributed by atoms with Crippen LogP contribution in [0.5, 0.6) is 0 Å². The number of aryl methyl sites for hydroxylation is 1. The van der Waals surface area contributed by atoms with Gasteiger partial charge in [-0.15, -0.1) is 11.3 Å². The first-order valence-corrected chi connectivity index (χ1v) is 4.91. The topological polar surface area (TPSA) is 38.9 Å². The zero-order valence-corrected chi connectivity index (χ0v) is 8.90. The maximum Gasteiger partial charge on any atom is 0.0897 e. The van der Waals surface area contributed by atoms with Gasteiger partial charge < -0.3 is 5.73 Å². The normalized spacial score (nSPS) is 14.8. The molecular formula is C9H16N2S. The van der Waals surface area contributed by atoms with Crippen molar-refractivity contribution in [2.45, 2.75) is 33.7 Å². The van der Waals surface area contributed by atoms with Crippen LogP contribution in [0.25, 0.3) is 0 Å². The standard InChI is InChI=1S/C9H16N2S/c1-6-11-5-7(12-6)8(10)9(2,3)4/h5,8H,10H2,1-4H3. The van der Waals surface area contributed by atoms with Crippen LogP contribution in [0.2, 0.25) is 0 Å². The molecule has 0 spiro atoms. The molecule has 0 fully saturated rings. The summed E-state index contributed by atoms with van der Waals surface area (Å²) < 4.78 is 0. The van der Waals surface area contributed by atoms with Gasteiger partial charge in [0.1, 0.15) is 0 Å². The molecule has 0 bridgehead atoms. The lowest BCUT2D eigenvalue weighted by Crippen LogP contribution is -2.25. The van der Waals surface area contributed by atoms with Gasteiger partial charge in [-0.2, -0.15) is 0 Å². The zero-order valence-electron chi connectivity index (χ0n) is 8.09. The van der Waals surface area contributed by atoms with Crippen molar-refractivity contribution in [1.82, 2.24) is 4.98 Å². The Morgan fingerprint density at radius 3 is 2.42 bits per heavy atom. The lowest BCUT2D eigenvalue weighted by atomic mass is 9.87. The number of hydrogen-bond acceptors (Lipinski definition) is 3. The van der Waals surface area contributed by atoms with Gasteiger partial charge in [-0.05, 0) is 12.3 Å². The fraction of sp³-hybridized carbons (Fsp3) is 0.667. The first-order valence-electron chi connectivity index (χ1n) is 4.09. The van der Waals surface area contributed by atoms with Gasteiger partial charge in [-0.25, -0.2) is 4.98 Å². The molecule has 0 aromatic carbocycles. The quantitative estimate of drug-likeness (QED) is 0.728. The highest BCUT2D eigenvalue weighted by molar-refractivity contribution is 7.11. The molecule has 12 heavy (non-hydrogen) atoms. The van der Waals surface area contributed by atoms with Crippen molar-refractivity contribution in [2.75, 3.05) is 0 Å². The van der Waals surface area contributed by atoms with Gasteiger partial charge in [0.05, 0.1) is 5.01 Å². The fourth-order valence-corrected chi connectivity index (χ4v) is 1.98. The van der Waals surface area contributed by atoms with Crippen molar-refractivity contribution in [3.63, 3.8) is 0 Å². The number of rotatable bonds is 1. The Balaban J connectivity index is 2.85. The van der Waals surface area contributed by atoms with Crippen LogP contribution in [-0.2, 0) is 0 Å². The van der Waals surface area contributed by atoms with Crippen LogP contribution in [0.15, 0.2) is 6.20 Å². The second-order valence-corrected chi connectivity index (χ2v) is 5.39. The highest BCUT2D eigenvalue weighted by Crippen LogP contribution is 2.32. The lowest BCUT2D eigenvalue weighted by Gasteiger charge is -2.25. The van der Waals surface area contributed by atoms with E-state index in [-0.39, 0.29) is 11.5 Å². The van der Waals surface area contributed by atoms with Crippen LogP contribution in [-0.4, -0.2) is 4.98 Å². The van der Waals surface area contributed by atoms with Crippen LogP contribution >= 0.6 is 11.3 Å². The molecule has 1 aromatic rings. The van der Waals surface area contributed by atoms with Gasteiger partial charge in [0, 0.05) is 17.1 Å². The van der Waals surface area contributed by atoms with Crippen LogP contribution < -0.4 is 5.73 Å². The van der Waals surface area contributed by atoms with Crippen LogP contribution in [0.1, 0.15) is 36.7 Å². The summed E-state index contributed by atoms with van der Waals surface area (Å²) in [6, 6.07) is 0.101. The summed E-state index contributed by atoms with van der Waals surface area (Å²) in [6.45, 7) is 8.44. The summed E-state index contributed by atoms with van der Waals surface area (Å²) in [6.07, 6.45) is 1.88. The van der Waals surface area contributed by atoms with E-state index < -0.39 is 0 Å². The molecule has 1 atom stereocenters. The largest absolute Gasteiger partial charge is 0.323 e. The molecule has 0 aliphatic carbocycles. The Morgan fingerprint density at radius 2 is 2.08 bits per heavy atom. The van der Waals surface area contributed by atoms with Crippen LogP contribution in [0.4, 0.5) is 0 Å². The Labute approximate surface area is 77.8 Å². The Morgan fingerprint density at radius 1 is 1.50 bits per heavy atom. The average molecular weight is 184 g/mol. The van der Waals surface area contributed by atoms with Crippen LogP contribution in [0.3, 0.4) is 0 Å². The summed E-state index contributed by atoms with van der Waals surface area (Å²) >= 11 is 1.69. The van der Waals surface area contributed by atoms with Crippen molar-refractivity contribution in [2.24, 2.45) is 11.1 Å². The molecule has 0 saturated carbocycles. The molecule has 1 unspecified atom stereocenters. The highest BCUT2D eigenvalue weighted by atomic mass is 32.1. The SMILES string of the molecule is Cc1ncc(C(N)C(C)(C)C)s1. The Kier molecular flexibility index (Phi) is 2.54. The first-order chi connectivity index (χ1) is 5.41. The van der Waals surface area contributed by atoms with Gasteiger partial charge in [0.15, 0.2) is 0 Å². The lowest BCUT2D eigenvalue weighted by molar-refractivity contribution is 0.330. The van der Waals surface area contributed by atoms with E-state index >= 15 is 0 Å². The number of nitrogens with two attached hydrogens (primary N) is 1. The predicted octanol–water partition coefficient (Wildman–Crippen LogP) is 2.50. The van der Waals surface area contributed by atoms with E-state index in [1.165, 1.54) is 4.88 Å². The third-order valence-electron chi connectivity index (χ3n) is 1.88. The predicted molar refractivity (Wildman–Crippen MR) is 53.2 cm³/mol. The maximum atomic E-state index is 6.06. The van der Waals surface area contributed by atoms with E-state index in [2.05, 4.69) is 25.8 Å². The van der Waals surface area contributed by atoms with E-state index in [1.54, 1.807) is 11.3 Å². The van der Waals surface area contributed by atoms with Gasteiger partial charge in [0.25, 0.3) is 0 Å². The van der Waals surface area contributed by atoms with E-state index in [1.807, 2.05) is 13.1 Å². The van der Waals surface area contributed by atoms with Gasteiger partial charge in [0.2, 0.25) is 0 Å². The summed E-state index contributed by atoms with van der Waals surface area (Å²) in [5, 5.41) is 1.09. The fourth-order valence-electron chi connectivity index (χ4n) is 0.948. The molecule has 0 saturated heterocycles. The molecule has 68 valence electrons. The summed E-state index contributed by atoms with van der Waals surface area (Å²) in [5.41, 5.74) is 6.18. The molecule has 0 aliphatic rings. The minimum absolute atomic E-state index is 0.101. The Hall–Kier alpha value is -0.410. The third-order valence-corrected chi connectivity index (χ3v) is 2.87. The monoisotopic (exact) mass is 184 g/mol. The second-order valence-electron chi connectivity index (χ2n) is 4.13. The molecule has 2 N–H and O–H groups in total. The number of thiazole rings is 1. The number of hydrogen-bond donors (Lipinski definition) is 1. The van der Waals surface area contributed by atoms with Crippen molar-refractivity contribution < 1.29 is 0 Å². The molecule has 0 amide bonds. The average Bonchev–Trinajstić information content (AvgIpc) is 2.32. The summed E-state index contributed by atoms with van der Waals surface area (Å²) in [7, 11) is 0. The van der Waals surface area contributed by atoms with Gasteiger partial charge >= 0.3 is 0 Å². The second kappa shape index (κ2) is 3.15. The number of aromatic nitrogens is 1. The van der Waals surface area contributed by atoms with E-state index in [4.69, 9.17) is 5.73 Å². The zero-order chi connectivity index (χ0) is 9.35. The maximum absolute atomic E-state index is 6.06. The van der Waals surface area contributed by atoms with Crippen molar-refractivity contribution in [3.05, 3.63) is 16.1 Å². The molecule has 0 radical (unpaired) electrons. The Bertz CT molecular complexity index is 260. The minimum atomic E-state index is 0.101. The molecule has 1 rings (SSSR count). The number of nitrogens with zero attached hydrogens (tertiary/aromatic N) is 1. The summed E-state index contributed by atoms with van der Waals surface area (Å²) in [5.74, 6) is 0. The molecule has 0 aliphatic heterocycles. The first kappa shape index (κ1) is 9.68. The molecule has 1 heterocycles. The summed E-state index contributed by atoms with van der Waals surface area (Å²) in [4.78, 5) is 5.37. The van der Waals surface area contributed by atoms with E-state index in [0.717, 1.165) is 5.01 Å². The van der Waals surface area contributed by atoms with E-state index in [9.17, 15) is 0 Å². The van der Waals surface area contributed by atoms with Crippen molar-refractivity contribution >= 4 is 11.3 Å². The minimum Gasteiger partial charge on any atom is -0.323 e. The van der Waals surface area contributed by atoms with Gasteiger partial charge in [-0.3, -0.25) is 0 Å². The molecular weight excluding hydrogens is 168 g/mol. The smallest absolute Gasteiger partial charge is 0.0897 e. The van der Waals surface area contributed by atoms with E-state index in [0.29, 0.717) is 0 Å². The van der Waals surface area contributed by atoms with Crippen molar-refractivity contribution in [3.8, 4) is 0 Å². The molecule has 2 nitrogen and oxygen atoms in total. The van der Waals surface area contributed by atoms with Gasteiger partial charge in [-0.1, -0.05) is 20.8 Å².